The van der Waals surface area contributed by atoms with E-state index >= 15 is 0 Å². The Balaban J connectivity index is 1.72. The molecule has 8 heteroatoms. The molecule has 0 bridgehead atoms. The van der Waals surface area contributed by atoms with Crippen LogP contribution in [0.2, 0.25) is 0 Å². The van der Waals surface area contributed by atoms with E-state index in [1.165, 1.54) is 10.9 Å². The summed E-state index contributed by atoms with van der Waals surface area (Å²) in [6, 6.07) is 12.1. The number of hydrogen-bond donors (Lipinski definition) is 1. The molecule has 0 fully saturated rings. The number of fused-ring (bicyclic) bond motifs is 2. The molecule has 0 radical (unpaired) electrons. The fraction of sp³-hybridized carbons (Fsp3) is 0.200. The summed E-state index contributed by atoms with van der Waals surface area (Å²) in [6.07, 6.45) is 1.56. The van der Waals surface area contributed by atoms with Crippen LogP contribution in [0.3, 0.4) is 0 Å². The molecule has 1 N–H and O–H groups in total. The second kappa shape index (κ2) is 7.20. The van der Waals surface area contributed by atoms with Crippen molar-refractivity contribution in [1.82, 2.24) is 9.55 Å². The van der Waals surface area contributed by atoms with Gasteiger partial charge in [-0.1, -0.05) is 28.1 Å². The summed E-state index contributed by atoms with van der Waals surface area (Å²) in [6.45, 7) is 1.65. The van der Waals surface area contributed by atoms with Crippen molar-refractivity contribution < 1.29 is 9.59 Å². The molecule has 2 aromatic carbocycles. The second-order valence-corrected chi connectivity index (χ2v) is 7.64. The molecule has 2 amide bonds. The second-order valence-electron chi connectivity index (χ2n) is 6.72. The van der Waals surface area contributed by atoms with Crippen LogP contribution in [-0.2, 0) is 16.1 Å². The molecular weight excluding hydrogens is 424 g/mol. The minimum absolute atomic E-state index is 0.148. The topological polar surface area (TPSA) is 84.3 Å². The summed E-state index contributed by atoms with van der Waals surface area (Å²) in [5, 5.41) is 3.26. The van der Waals surface area contributed by atoms with Crippen molar-refractivity contribution in [2.45, 2.75) is 25.9 Å². The van der Waals surface area contributed by atoms with Gasteiger partial charge in [0.1, 0.15) is 6.54 Å². The number of amides is 2. The van der Waals surface area contributed by atoms with Crippen LogP contribution in [0.4, 0.5) is 11.4 Å². The van der Waals surface area contributed by atoms with Crippen LogP contribution in [0.5, 0.6) is 0 Å². The molecule has 0 aliphatic carbocycles. The molecule has 7 nitrogen and oxygen atoms in total. The third-order valence-corrected chi connectivity index (χ3v) is 5.21. The summed E-state index contributed by atoms with van der Waals surface area (Å²) in [5.74, 6) is -0.431. The highest BCUT2D eigenvalue weighted by Crippen LogP contribution is 2.31. The first-order valence-corrected chi connectivity index (χ1v) is 9.59. The first-order chi connectivity index (χ1) is 13.4. The Morgan fingerprint density at radius 1 is 1.25 bits per heavy atom. The summed E-state index contributed by atoms with van der Waals surface area (Å²) >= 11 is 3.35. The molecule has 3 aromatic rings. The highest BCUT2D eigenvalue weighted by molar-refractivity contribution is 9.10. The molecule has 1 aliphatic heterocycles. The largest absolute Gasteiger partial charge is 0.324 e. The van der Waals surface area contributed by atoms with E-state index in [0.29, 0.717) is 22.3 Å². The summed E-state index contributed by atoms with van der Waals surface area (Å²) < 4.78 is 2.06. The number of para-hydroxylation sites is 2. The van der Waals surface area contributed by atoms with E-state index in [9.17, 15) is 14.4 Å². The highest BCUT2D eigenvalue weighted by atomic mass is 79.9. The number of aromatic nitrogens is 2. The number of carbonyl (C=O) groups is 2. The van der Waals surface area contributed by atoms with Crippen LogP contribution in [0.25, 0.3) is 10.9 Å². The number of hydrogen-bond acceptors (Lipinski definition) is 4. The lowest BCUT2D eigenvalue weighted by molar-refractivity contribution is -0.120. The molecule has 0 saturated heterocycles. The zero-order valence-electron chi connectivity index (χ0n) is 15.1. The quantitative estimate of drug-likeness (QED) is 0.663. The number of rotatable bonds is 2. The normalized spacial score (nSPS) is 16.4. The van der Waals surface area contributed by atoms with Crippen LogP contribution in [0, 0.1) is 0 Å². The predicted octanol–water partition coefficient (Wildman–Crippen LogP) is 2.92. The minimum atomic E-state index is -0.339. The van der Waals surface area contributed by atoms with Crippen molar-refractivity contribution in [1.29, 1.82) is 0 Å². The zero-order valence-corrected chi connectivity index (χ0v) is 16.6. The van der Waals surface area contributed by atoms with Gasteiger partial charge in [-0.25, -0.2) is 4.98 Å². The maximum atomic E-state index is 13.1. The van der Waals surface area contributed by atoms with Crippen molar-refractivity contribution in [3.8, 4) is 0 Å². The van der Waals surface area contributed by atoms with Crippen molar-refractivity contribution in [3.63, 3.8) is 0 Å². The molecule has 1 aromatic heterocycles. The van der Waals surface area contributed by atoms with Gasteiger partial charge in [0.25, 0.3) is 5.56 Å². The standard InChI is InChI=1S/C20H17BrN4O3/c1-12-8-18(26)23-16-4-2-3-5-17(16)25(12)19(27)10-24-11-22-15-7-6-13(21)9-14(15)20(24)28/h2-7,9,11-12H,8,10H2,1H3,(H,23,26)/t12-/m0/s1. The van der Waals surface area contributed by atoms with E-state index in [2.05, 4.69) is 26.2 Å². The molecule has 0 spiro atoms. The van der Waals surface area contributed by atoms with Gasteiger partial charge >= 0.3 is 0 Å². The van der Waals surface area contributed by atoms with Crippen molar-refractivity contribution in [2.75, 3.05) is 10.2 Å². The molecular formula is C20H17BrN4O3. The summed E-state index contributed by atoms with van der Waals surface area (Å²) in [7, 11) is 0. The highest BCUT2D eigenvalue weighted by Gasteiger charge is 2.29. The number of anilines is 2. The fourth-order valence-corrected chi connectivity index (χ4v) is 3.79. The van der Waals surface area contributed by atoms with Gasteiger partial charge in [-0.3, -0.25) is 19.0 Å². The summed E-state index contributed by atoms with van der Waals surface area (Å²) in [5.41, 5.74) is 1.48. The Labute approximate surface area is 169 Å². The van der Waals surface area contributed by atoms with E-state index in [-0.39, 0.29) is 36.4 Å². The van der Waals surface area contributed by atoms with E-state index in [0.717, 1.165) is 4.47 Å². The lowest BCUT2D eigenvalue weighted by Gasteiger charge is -2.28. The lowest BCUT2D eigenvalue weighted by Crippen LogP contribution is -2.42. The van der Waals surface area contributed by atoms with E-state index < -0.39 is 0 Å². The van der Waals surface area contributed by atoms with Crippen LogP contribution >= 0.6 is 15.9 Å². The van der Waals surface area contributed by atoms with Gasteiger partial charge in [0.15, 0.2) is 0 Å². The van der Waals surface area contributed by atoms with Crippen molar-refractivity contribution >= 4 is 50.0 Å². The van der Waals surface area contributed by atoms with Crippen LogP contribution < -0.4 is 15.8 Å². The molecule has 142 valence electrons. The van der Waals surface area contributed by atoms with Gasteiger partial charge in [-0.05, 0) is 37.3 Å². The summed E-state index contributed by atoms with van der Waals surface area (Å²) in [4.78, 5) is 43.9. The first-order valence-electron chi connectivity index (χ1n) is 8.79. The smallest absolute Gasteiger partial charge is 0.261 e. The van der Waals surface area contributed by atoms with Gasteiger partial charge in [0, 0.05) is 16.9 Å². The van der Waals surface area contributed by atoms with Gasteiger partial charge in [-0.15, -0.1) is 0 Å². The average Bonchev–Trinajstić information content (AvgIpc) is 2.78. The number of halogens is 1. The number of benzene rings is 2. The number of carbonyl (C=O) groups excluding carboxylic acids is 2. The number of nitrogens with zero attached hydrogens (tertiary/aromatic N) is 3. The van der Waals surface area contributed by atoms with Crippen molar-refractivity contribution in [3.05, 3.63) is 63.6 Å². The molecule has 0 saturated carbocycles. The Morgan fingerprint density at radius 2 is 2.04 bits per heavy atom. The van der Waals surface area contributed by atoms with Crippen LogP contribution in [0.1, 0.15) is 13.3 Å². The van der Waals surface area contributed by atoms with E-state index in [1.807, 2.05) is 19.1 Å². The Morgan fingerprint density at radius 3 is 2.86 bits per heavy atom. The molecule has 4 rings (SSSR count). The van der Waals surface area contributed by atoms with Crippen LogP contribution in [0.15, 0.2) is 58.1 Å². The maximum Gasteiger partial charge on any atom is 0.261 e. The average molecular weight is 441 g/mol. The minimum Gasteiger partial charge on any atom is -0.324 e. The Kier molecular flexibility index (Phi) is 4.72. The molecule has 0 unspecified atom stereocenters. The lowest BCUT2D eigenvalue weighted by atomic mass is 10.1. The van der Waals surface area contributed by atoms with Crippen LogP contribution in [-0.4, -0.2) is 27.4 Å². The predicted molar refractivity (Wildman–Crippen MR) is 110 cm³/mol. The van der Waals surface area contributed by atoms with Gasteiger partial charge in [0.2, 0.25) is 11.8 Å². The first kappa shape index (κ1) is 18.4. The molecule has 1 atom stereocenters. The van der Waals surface area contributed by atoms with Crippen molar-refractivity contribution in [2.24, 2.45) is 0 Å². The Bertz CT molecular complexity index is 1160. The SMILES string of the molecule is C[C@H]1CC(=O)Nc2ccccc2N1C(=O)Cn1cnc2ccc(Br)cc2c1=O. The number of nitrogens with one attached hydrogen (secondary N) is 1. The third-order valence-electron chi connectivity index (χ3n) is 4.72. The zero-order chi connectivity index (χ0) is 19.8. The molecule has 1 aliphatic rings. The van der Waals surface area contributed by atoms with Gasteiger partial charge in [0.05, 0.1) is 28.6 Å². The third kappa shape index (κ3) is 3.31. The van der Waals surface area contributed by atoms with E-state index in [4.69, 9.17) is 0 Å². The van der Waals surface area contributed by atoms with Gasteiger partial charge < -0.3 is 10.2 Å². The molecule has 2 heterocycles. The monoisotopic (exact) mass is 440 g/mol. The molecule has 28 heavy (non-hydrogen) atoms. The Hall–Kier alpha value is -3.00. The maximum absolute atomic E-state index is 13.1. The van der Waals surface area contributed by atoms with E-state index in [1.54, 1.807) is 35.2 Å². The van der Waals surface area contributed by atoms with Gasteiger partial charge in [-0.2, -0.15) is 0 Å². The fourth-order valence-electron chi connectivity index (χ4n) is 3.43.